The van der Waals surface area contributed by atoms with Gasteiger partial charge in [0.2, 0.25) is 5.91 Å². The van der Waals surface area contributed by atoms with Crippen molar-refractivity contribution in [3.8, 4) is 0 Å². The fourth-order valence-electron chi connectivity index (χ4n) is 3.17. The van der Waals surface area contributed by atoms with Crippen molar-refractivity contribution in [2.75, 3.05) is 23.3 Å². The number of nitrogens with zero attached hydrogens (tertiary/aromatic N) is 1. The molecule has 1 aromatic carbocycles. The number of amides is 1. The lowest BCUT2D eigenvalue weighted by molar-refractivity contribution is -0.120. The highest BCUT2D eigenvalue weighted by Crippen LogP contribution is 2.27. The highest BCUT2D eigenvalue weighted by molar-refractivity contribution is 5.93. The minimum absolute atomic E-state index is 0.202. The zero-order valence-corrected chi connectivity index (χ0v) is 13.6. The summed E-state index contributed by atoms with van der Waals surface area (Å²) in [4.78, 5) is 14.6. The smallest absolute Gasteiger partial charge is 0.227 e. The first-order valence-electron chi connectivity index (χ1n) is 8.32. The van der Waals surface area contributed by atoms with E-state index >= 15 is 0 Å². The Balaban J connectivity index is 2.05. The molecule has 2 rings (SSSR count). The molecule has 3 nitrogen and oxygen atoms in total. The number of hydrogen-bond donors (Lipinski definition) is 1. The molecule has 1 aliphatic rings. The SMILES string of the molecule is CCN(CC)c1ccc(NC(=O)C2CCCCC2)c(C)c1. The Morgan fingerprint density at radius 1 is 1.19 bits per heavy atom. The van der Waals surface area contributed by atoms with Crippen LogP contribution in [-0.4, -0.2) is 19.0 Å². The van der Waals surface area contributed by atoms with E-state index in [1.54, 1.807) is 0 Å². The molecule has 0 atom stereocenters. The van der Waals surface area contributed by atoms with Crippen LogP contribution in [0, 0.1) is 12.8 Å². The second-order valence-electron chi connectivity index (χ2n) is 6.00. The molecule has 0 saturated heterocycles. The van der Waals surface area contributed by atoms with Crippen LogP contribution in [0.2, 0.25) is 0 Å². The molecule has 0 bridgehead atoms. The molecule has 0 aromatic heterocycles. The summed E-state index contributed by atoms with van der Waals surface area (Å²) in [7, 11) is 0. The van der Waals surface area contributed by atoms with E-state index in [4.69, 9.17) is 0 Å². The molecule has 1 N–H and O–H groups in total. The maximum atomic E-state index is 12.3. The summed E-state index contributed by atoms with van der Waals surface area (Å²) in [6.07, 6.45) is 5.75. The van der Waals surface area contributed by atoms with Crippen LogP contribution < -0.4 is 10.2 Å². The van der Waals surface area contributed by atoms with E-state index in [-0.39, 0.29) is 11.8 Å². The van der Waals surface area contributed by atoms with E-state index in [0.29, 0.717) is 0 Å². The van der Waals surface area contributed by atoms with Gasteiger partial charge in [0.25, 0.3) is 0 Å². The van der Waals surface area contributed by atoms with Gasteiger partial charge in [-0.25, -0.2) is 0 Å². The second kappa shape index (κ2) is 7.48. The molecule has 1 amide bonds. The van der Waals surface area contributed by atoms with Gasteiger partial charge >= 0.3 is 0 Å². The summed E-state index contributed by atoms with van der Waals surface area (Å²) >= 11 is 0. The van der Waals surface area contributed by atoms with Crippen molar-refractivity contribution in [3.05, 3.63) is 23.8 Å². The first-order chi connectivity index (χ1) is 10.2. The molecule has 1 aliphatic carbocycles. The largest absolute Gasteiger partial charge is 0.372 e. The van der Waals surface area contributed by atoms with Crippen LogP contribution in [0.5, 0.6) is 0 Å². The third kappa shape index (κ3) is 3.99. The Morgan fingerprint density at radius 2 is 1.86 bits per heavy atom. The highest BCUT2D eigenvalue weighted by Gasteiger charge is 2.21. The normalized spacial score (nSPS) is 15.8. The number of nitrogens with one attached hydrogen (secondary N) is 1. The van der Waals surface area contributed by atoms with E-state index in [9.17, 15) is 4.79 Å². The Morgan fingerprint density at radius 3 is 2.43 bits per heavy atom. The molecule has 0 radical (unpaired) electrons. The zero-order chi connectivity index (χ0) is 15.2. The first-order valence-corrected chi connectivity index (χ1v) is 8.32. The van der Waals surface area contributed by atoms with Gasteiger partial charge in [0, 0.05) is 30.4 Å². The van der Waals surface area contributed by atoms with Crippen LogP contribution in [0.4, 0.5) is 11.4 Å². The Labute approximate surface area is 128 Å². The topological polar surface area (TPSA) is 32.3 Å². The third-order valence-corrected chi connectivity index (χ3v) is 4.57. The number of carbonyl (C=O) groups excluding carboxylic acids is 1. The molecule has 0 aliphatic heterocycles. The quantitative estimate of drug-likeness (QED) is 0.873. The minimum atomic E-state index is 0.202. The maximum Gasteiger partial charge on any atom is 0.227 e. The Hall–Kier alpha value is -1.51. The molecule has 1 fully saturated rings. The van der Waals surface area contributed by atoms with Crippen LogP contribution in [-0.2, 0) is 4.79 Å². The number of rotatable bonds is 5. The standard InChI is InChI=1S/C18H28N2O/c1-4-20(5-2)16-11-12-17(14(3)13-16)19-18(21)15-9-7-6-8-10-15/h11-13,15H,4-10H2,1-3H3,(H,19,21). The van der Waals surface area contributed by atoms with Crippen molar-refractivity contribution in [2.24, 2.45) is 5.92 Å². The van der Waals surface area contributed by atoms with Crippen LogP contribution in [0.1, 0.15) is 51.5 Å². The predicted molar refractivity (Wildman–Crippen MR) is 89.9 cm³/mol. The highest BCUT2D eigenvalue weighted by atomic mass is 16.1. The first kappa shape index (κ1) is 15.9. The van der Waals surface area contributed by atoms with Gasteiger partial charge in [0.15, 0.2) is 0 Å². The van der Waals surface area contributed by atoms with Gasteiger partial charge in [0.1, 0.15) is 0 Å². The average Bonchev–Trinajstić information content (AvgIpc) is 2.52. The number of anilines is 2. The Kier molecular flexibility index (Phi) is 5.66. The molecule has 0 unspecified atom stereocenters. The summed E-state index contributed by atoms with van der Waals surface area (Å²) in [5.74, 6) is 0.411. The van der Waals surface area contributed by atoms with Gasteiger partial charge in [-0.15, -0.1) is 0 Å². The van der Waals surface area contributed by atoms with Crippen molar-refractivity contribution in [1.82, 2.24) is 0 Å². The number of hydrogen-bond acceptors (Lipinski definition) is 2. The van der Waals surface area contributed by atoms with Crippen LogP contribution in [0.3, 0.4) is 0 Å². The monoisotopic (exact) mass is 288 g/mol. The summed E-state index contributed by atoms with van der Waals surface area (Å²) in [6, 6.07) is 6.32. The fourth-order valence-corrected chi connectivity index (χ4v) is 3.17. The van der Waals surface area contributed by atoms with Gasteiger partial charge in [-0.1, -0.05) is 19.3 Å². The maximum absolute atomic E-state index is 12.3. The van der Waals surface area contributed by atoms with Crippen molar-refractivity contribution in [1.29, 1.82) is 0 Å². The van der Waals surface area contributed by atoms with Crippen molar-refractivity contribution in [2.45, 2.75) is 52.9 Å². The lowest BCUT2D eigenvalue weighted by Gasteiger charge is -2.23. The minimum Gasteiger partial charge on any atom is -0.372 e. The molecule has 0 heterocycles. The molecule has 0 spiro atoms. The third-order valence-electron chi connectivity index (χ3n) is 4.57. The molecule has 21 heavy (non-hydrogen) atoms. The van der Waals surface area contributed by atoms with Crippen molar-refractivity contribution < 1.29 is 4.79 Å². The van der Waals surface area contributed by atoms with E-state index in [1.807, 2.05) is 6.07 Å². The van der Waals surface area contributed by atoms with Crippen LogP contribution in [0.25, 0.3) is 0 Å². The van der Waals surface area contributed by atoms with E-state index in [0.717, 1.165) is 37.2 Å². The predicted octanol–water partition coefficient (Wildman–Crippen LogP) is 4.36. The van der Waals surface area contributed by atoms with Crippen molar-refractivity contribution in [3.63, 3.8) is 0 Å². The number of aryl methyl sites for hydroxylation is 1. The molecule has 1 aromatic rings. The van der Waals surface area contributed by atoms with E-state index in [1.165, 1.54) is 24.9 Å². The lowest BCUT2D eigenvalue weighted by Crippen LogP contribution is -2.25. The second-order valence-corrected chi connectivity index (χ2v) is 6.00. The van der Waals surface area contributed by atoms with Gasteiger partial charge < -0.3 is 10.2 Å². The van der Waals surface area contributed by atoms with Crippen LogP contribution in [0.15, 0.2) is 18.2 Å². The summed E-state index contributed by atoms with van der Waals surface area (Å²) in [5, 5.41) is 3.12. The van der Waals surface area contributed by atoms with E-state index in [2.05, 4.69) is 43.1 Å². The van der Waals surface area contributed by atoms with Crippen LogP contribution >= 0.6 is 0 Å². The summed E-state index contributed by atoms with van der Waals surface area (Å²) < 4.78 is 0. The average molecular weight is 288 g/mol. The molecule has 116 valence electrons. The summed E-state index contributed by atoms with van der Waals surface area (Å²) in [5.41, 5.74) is 3.33. The molecule has 3 heteroatoms. The molecular formula is C18H28N2O. The van der Waals surface area contributed by atoms with E-state index < -0.39 is 0 Å². The molecular weight excluding hydrogens is 260 g/mol. The summed E-state index contributed by atoms with van der Waals surface area (Å²) in [6.45, 7) is 8.41. The van der Waals surface area contributed by atoms with Gasteiger partial charge in [-0.3, -0.25) is 4.79 Å². The van der Waals surface area contributed by atoms with Crippen molar-refractivity contribution >= 4 is 17.3 Å². The lowest BCUT2D eigenvalue weighted by atomic mass is 9.88. The Bertz CT molecular complexity index is 474. The number of benzene rings is 1. The molecule has 1 saturated carbocycles. The number of carbonyl (C=O) groups is 1. The van der Waals surface area contributed by atoms with Gasteiger partial charge in [-0.05, 0) is 57.4 Å². The van der Waals surface area contributed by atoms with Gasteiger partial charge in [0.05, 0.1) is 0 Å². The zero-order valence-electron chi connectivity index (χ0n) is 13.6. The van der Waals surface area contributed by atoms with Gasteiger partial charge in [-0.2, -0.15) is 0 Å². The fraction of sp³-hybridized carbons (Fsp3) is 0.611.